The molecule has 5 nitrogen and oxygen atoms in total. The summed E-state index contributed by atoms with van der Waals surface area (Å²) >= 11 is 21.0. The van der Waals surface area contributed by atoms with Crippen LogP contribution in [-0.2, 0) is 9.47 Å². The number of anilines is 2. The summed E-state index contributed by atoms with van der Waals surface area (Å²) in [5.74, 6) is -1.10. The molecule has 1 N–H and O–H groups in total. The summed E-state index contributed by atoms with van der Waals surface area (Å²) in [6.45, 7) is 4.09. The number of aryl methyl sites for hydroxylation is 1. The normalized spacial score (nSPS) is 10.1. The molecule has 0 aliphatic carbocycles. The number of para-hydroxylation sites is 1. The topological polar surface area (TPSA) is 71.3 Å². The number of halogens is 5. The van der Waals surface area contributed by atoms with Crippen LogP contribution >= 0.6 is 50.7 Å². The van der Waals surface area contributed by atoms with E-state index in [1.54, 1.807) is 36.4 Å². The average Bonchev–Trinajstić information content (AvgIpc) is 2.83. The lowest BCUT2D eigenvalue weighted by Gasteiger charge is -2.15. The van der Waals surface area contributed by atoms with Crippen molar-refractivity contribution in [3.8, 4) is 6.07 Å². The molecule has 0 heterocycles. The summed E-state index contributed by atoms with van der Waals surface area (Å²) in [6.07, 6.45) is 0. The maximum Gasteiger partial charge on any atom is 0.342 e. The van der Waals surface area contributed by atoms with Gasteiger partial charge in [0.15, 0.2) is 12.6 Å². The number of nitriles is 1. The summed E-state index contributed by atoms with van der Waals surface area (Å²) in [7, 11) is 0. The smallest absolute Gasteiger partial charge is 0.342 e. The van der Waals surface area contributed by atoms with Gasteiger partial charge in [0, 0.05) is 6.61 Å². The highest BCUT2D eigenvalue weighted by molar-refractivity contribution is 9.10. The molecular formula is C24H19BrCl3FN2O3. The van der Waals surface area contributed by atoms with Crippen LogP contribution in [0, 0.1) is 24.1 Å². The largest absolute Gasteiger partial charge is 0.435 e. The lowest BCUT2D eigenvalue weighted by atomic mass is 10.1. The lowest BCUT2D eigenvalue weighted by Crippen LogP contribution is -2.11. The molecule has 34 heavy (non-hydrogen) atoms. The molecule has 0 radical (unpaired) electrons. The first kappa shape index (κ1) is 27.9. The van der Waals surface area contributed by atoms with E-state index in [0.717, 1.165) is 5.56 Å². The second kappa shape index (κ2) is 13.5. The third-order valence-electron chi connectivity index (χ3n) is 4.32. The van der Waals surface area contributed by atoms with E-state index >= 15 is 0 Å². The molecule has 0 atom stereocenters. The zero-order valence-corrected chi connectivity index (χ0v) is 21.9. The minimum absolute atomic E-state index is 0.0877. The summed E-state index contributed by atoms with van der Waals surface area (Å²) in [5, 5.41) is 12.7. The predicted molar refractivity (Wildman–Crippen MR) is 137 cm³/mol. The Kier molecular flexibility index (Phi) is 11.1. The molecule has 0 fully saturated rings. The fraction of sp³-hybridized carbons (Fsp3) is 0.167. The van der Waals surface area contributed by atoms with Gasteiger partial charge in [0.05, 0.1) is 36.5 Å². The number of benzene rings is 3. The van der Waals surface area contributed by atoms with Gasteiger partial charge in [-0.3, -0.25) is 0 Å². The van der Waals surface area contributed by atoms with E-state index in [-0.39, 0.29) is 21.9 Å². The van der Waals surface area contributed by atoms with Gasteiger partial charge in [-0.25, -0.2) is 9.18 Å². The fourth-order valence-corrected chi connectivity index (χ4v) is 3.55. The summed E-state index contributed by atoms with van der Waals surface area (Å²) in [4.78, 5) is 12.2. The lowest BCUT2D eigenvalue weighted by molar-refractivity contribution is -0.0273. The van der Waals surface area contributed by atoms with Crippen molar-refractivity contribution >= 4 is 68.1 Å². The predicted octanol–water partition coefficient (Wildman–Crippen LogP) is 8.31. The molecule has 0 saturated carbocycles. The number of hydrogen-bond acceptors (Lipinski definition) is 5. The van der Waals surface area contributed by atoms with Crippen LogP contribution in [0.3, 0.4) is 0 Å². The van der Waals surface area contributed by atoms with Crippen molar-refractivity contribution in [3.63, 3.8) is 0 Å². The second-order valence-corrected chi connectivity index (χ2v) is 8.64. The van der Waals surface area contributed by atoms with Crippen LogP contribution in [0.2, 0.25) is 15.1 Å². The van der Waals surface area contributed by atoms with Crippen molar-refractivity contribution in [1.82, 2.24) is 0 Å². The van der Waals surface area contributed by atoms with E-state index < -0.39 is 11.8 Å². The molecule has 3 aromatic carbocycles. The van der Waals surface area contributed by atoms with Gasteiger partial charge in [-0.05, 0) is 65.7 Å². The maximum absolute atomic E-state index is 12.9. The van der Waals surface area contributed by atoms with Crippen molar-refractivity contribution in [1.29, 1.82) is 5.26 Å². The van der Waals surface area contributed by atoms with Gasteiger partial charge >= 0.3 is 5.97 Å². The number of carbonyl (C=O) groups is 1. The third kappa shape index (κ3) is 7.33. The molecule has 0 aliphatic heterocycles. The maximum atomic E-state index is 12.9. The van der Waals surface area contributed by atoms with Gasteiger partial charge in [0.2, 0.25) is 0 Å². The molecule has 10 heteroatoms. The van der Waals surface area contributed by atoms with Crippen molar-refractivity contribution in [2.75, 3.05) is 18.7 Å². The zero-order valence-electron chi connectivity index (χ0n) is 18.1. The van der Waals surface area contributed by atoms with E-state index in [1.807, 2.05) is 19.9 Å². The first-order chi connectivity index (χ1) is 16.2. The highest BCUT2D eigenvalue weighted by Gasteiger charge is 2.15. The van der Waals surface area contributed by atoms with E-state index in [0.29, 0.717) is 33.6 Å². The van der Waals surface area contributed by atoms with Gasteiger partial charge in [0.1, 0.15) is 11.6 Å². The minimum Gasteiger partial charge on any atom is -0.435 e. The highest BCUT2D eigenvalue weighted by Crippen LogP contribution is 2.36. The van der Waals surface area contributed by atoms with Gasteiger partial charge in [-0.1, -0.05) is 53.0 Å². The number of hydrogen-bond donors (Lipinski definition) is 1. The summed E-state index contributed by atoms with van der Waals surface area (Å²) in [6, 6.07) is 15.1. The van der Waals surface area contributed by atoms with Crippen LogP contribution < -0.4 is 5.32 Å². The highest BCUT2D eigenvalue weighted by atomic mass is 79.9. The first-order valence-electron chi connectivity index (χ1n) is 9.80. The van der Waals surface area contributed by atoms with Crippen LogP contribution in [0.4, 0.5) is 15.8 Å². The van der Waals surface area contributed by atoms with Crippen molar-refractivity contribution in [2.45, 2.75) is 13.8 Å². The van der Waals surface area contributed by atoms with E-state index in [1.165, 1.54) is 12.1 Å². The molecule has 0 bridgehead atoms. The molecule has 0 spiro atoms. The Bertz CT molecular complexity index is 1220. The van der Waals surface area contributed by atoms with Gasteiger partial charge in [-0.2, -0.15) is 5.26 Å². The molecule has 3 aromatic rings. The van der Waals surface area contributed by atoms with Crippen LogP contribution in [0.1, 0.15) is 28.4 Å². The van der Waals surface area contributed by atoms with Crippen LogP contribution in [0.25, 0.3) is 0 Å². The Balaban J connectivity index is 0.000000310. The minimum atomic E-state index is -0.611. The fourth-order valence-electron chi connectivity index (χ4n) is 2.56. The standard InChI is InChI=1S/C17H17Cl2NO3.C7H2BrClFN/c1-3-22-10-23-17(21)12-6-4-5-7-14(12)20-16-13(18)9-8-11(2)15(16)19;8-5-1-2-6(9)4(3-11)7(5)10/h4-9,20H,3,10H2,1-2H3;1-2H. The summed E-state index contributed by atoms with van der Waals surface area (Å²) in [5.41, 5.74) is 2.25. The van der Waals surface area contributed by atoms with E-state index in [2.05, 4.69) is 21.2 Å². The van der Waals surface area contributed by atoms with Crippen LogP contribution in [0.15, 0.2) is 53.0 Å². The molecule has 0 aromatic heterocycles. The number of ether oxygens (including phenoxy) is 2. The molecule has 0 amide bonds. The molecule has 0 unspecified atom stereocenters. The van der Waals surface area contributed by atoms with Crippen molar-refractivity contribution in [3.05, 3.63) is 90.6 Å². The number of esters is 1. The Labute approximate surface area is 220 Å². The Morgan fingerprint density at radius 2 is 1.79 bits per heavy atom. The number of rotatable bonds is 6. The van der Waals surface area contributed by atoms with Crippen molar-refractivity contribution < 1.29 is 18.7 Å². The molecule has 178 valence electrons. The van der Waals surface area contributed by atoms with E-state index in [9.17, 15) is 9.18 Å². The van der Waals surface area contributed by atoms with E-state index in [4.69, 9.17) is 49.5 Å². The first-order valence-corrected chi connectivity index (χ1v) is 11.7. The molecule has 0 saturated heterocycles. The zero-order chi connectivity index (χ0) is 25.3. The van der Waals surface area contributed by atoms with Gasteiger partial charge < -0.3 is 14.8 Å². The number of carbonyl (C=O) groups excluding carboxylic acids is 1. The number of nitrogens with one attached hydrogen (secondary N) is 1. The Hall–Kier alpha value is -2.34. The van der Waals surface area contributed by atoms with Gasteiger partial charge in [0.25, 0.3) is 0 Å². The second-order valence-electron chi connectivity index (χ2n) is 6.60. The molecule has 0 aliphatic rings. The number of nitrogens with zero attached hydrogens (tertiary/aromatic N) is 1. The van der Waals surface area contributed by atoms with Crippen LogP contribution in [-0.4, -0.2) is 19.4 Å². The Morgan fingerprint density at radius 3 is 2.44 bits per heavy atom. The summed E-state index contributed by atoms with van der Waals surface area (Å²) < 4.78 is 23.3. The average molecular weight is 589 g/mol. The molecule has 3 rings (SSSR count). The SMILES string of the molecule is CCOCOC(=O)c1ccccc1Nc1c(Cl)ccc(C)c1Cl.N#Cc1c(Cl)ccc(Br)c1F. The quantitative estimate of drug-likeness (QED) is 0.136. The van der Waals surface area contributed by atoms with Gasteiger partial charge in [-0.15, -0.1) is 0 Å². The van der Waals surface area contributed by atoms with Crippen LogP contribution in [0.5, 0.6) is 0 Å². The van der Waals surface area contributed by atoms with Crippen molar-refractivity contribution in [2.24, 2.45) is 0 Å². The Morgan fingerprint density at radius 1 is 1.12 bits per heavy atom. The monoisotopic (exact) mass is 586 g/mol. The molecular weight excluding hydrogens is 570 g/mol. The third-order valence-corrected chi connectivity index (χ3v) is 6.05.